The highest BCUT2D eigenvalue weighted by Gasteiger charge is 2.23. The van der Waals surface area contributed by atoms with E-state index in [1.54, 1.807) is 11.0 Å². The van der Waals surface area contributed by atoms with Gasteiger partial charge >= 0.3 is 5.97 Å². The molecule has 0 N–H and O–H groups in total. The summed E-state index contributed by atoms with van der Waals surface area (Å²) in [5, 5.41) is 0.699. The summed E-state index contributed by atoms with van der Waals surface area (Å²) in [5.74, 6) is -0.165. The van der Waals surface area contributed by atoms with Gasteiger partial charge in [-0.05, 0) is 49.2 Å². The Balaban J connectivity index is 1.40. The van der Waals surface area contributed by atoms with Gasteiger partial charge in [0.25, 0.3) is 5.91 Å². The minimum Gasteiger partial charge on any atom is -0.482 e. The molecule has 0 saturated carbocycles. The van der Waals surface area contributed by atoms with E-state index in [2.05, 4.69) is 4.90 Å². The molecule has 0 bridgehead atoms. The quantitative estimate of drug-likeness (QED) is 0.677. The Morgan fingerprint density at radius 3 is 2.38 bits per heavy atom. The van der Waals surface area contributed by atoms with E-state index in [-0.39, 0.29) is 19.1 Å². The van der Waals surface area contributed by atoms with Crippen LogP contribution in [0, 0.1) is 13.8 Å². The molecule has 0 aromatic heterocycles. The van der Waals surface area contributed by atoms with Crippen molar-refractivity contribution in [2.75, 3.05) is 44.3 Å². The summed E-state index contributed by atoms with van der Waals surface area (Å²) in [6.45, 7) is 5.95. The van der Waals surface area contributed by atoms with Crippen molar-refractivity contribution in [3.8, 4) is 5.75 Å². The number of esters is 1. The molecule has 1 fully saturated rings. The lowest BCUT2D eigenvalue weighted by molar-refractivity contribution is -0.153. The van der Waals surface area contributed by atoms with Crippen LogP contribution in [0.4, 0.5) is 5.69 Å². The van der Waals surface area contributed by atoms with Crippen molar-refractivity contribution in [1.82, 2.24) is 4.90 Å². The minimum absolute atomic E-state index is 0.205. The van der Waals surface area contributed by atoms with E-state index in [4.69, 9.17) is 21.1 Å². The molecule has 6 nitrogen and oxygen atoms in total. The molecule has 0 atom stereocenters. The van der Waals surface area contributed by atoms with E-state index in [0.29, 0.717) is 37.0 Å². The predicted molar refractivity (Wildman–Crippen MR) is 113 cm³/mol. The molecule has 2 aromatic carbocycles. The third kappa shape index (κ3) is 5.64. The molecule has 0 aliphatic carbocycles. The summed E-state index contributed by atoms with van der Waals surface area (Å²) in [6.07, 6.45) is 0. The van der Waals surface area contributed by atoms with Gasteiger partial charge in [-0.1, -0.05) is 29.8 Å². The molecule has 1 aliphatic rings. The maximum atomic E-state index is 12.3. The van der Waals surface area contributed by atoms with Gasteiger partial charge in [-0.15, -0.1) is 0 Å². The Morgan fingerprint density at radius 1 is 0.966 bits per heavy atom. The number of carbonyl (C=O) groups excluding carboxylic acids is 2. The lowest BCUT2D eigenvalue weighted by Crippen LogP contribution is -2.50. The molecule has 1 amide bonds. The summed E-state index contributed by atoms with van der Waals surface area (Å²) in [7, 11) is 0. The monoisotopic (exact) mass is 416 g/mol. The molecule has 2 aromatic rings. The van der Waals surface area contributed by atoms with Crippen LogP contribution in [0.15, 0.2) is 42.5 Å². The molecule has 1 heterocycles. The zero-order valence-electron chi connectivity index (χ0n) is 16.7. The fourth-order valence-corrected chi connectivity index (χ4v) is 3.38. The van der Waals surface area contributed by atoms with Crippen LogP contribution in [-0.4, -0.2) is 56.2 Å². The first-order chi connectivity index (χ1) is 13.9. The molecule has 7 heteroatoms. The Hall–Kier alpha value is -2.73. The van der Waals surface area contributed by atoms with Crippen LogP contribution in [0.3, 0.4) is 0 Å². The molecule has 29 heavy (non-hydrogen) atoms. The smallest absolute Gasteiger partial charge is 0.344 e. The third-order valence-corrected chi connectivity index (χ3v) is 5.34. The number of rotatable bonds is 6. The van der Waals surface area contributed by atoms with Gasteiger partial charge in [-0.25, -0.2) is 4.79 Å². The van der Waals surface area contributed by atoms with Gasteiger partial charge in [0.05, 0.1) is 10.7 Å². The van der Waals surface area contributed by atoms with Gasteiger partial charge in [-0.2, -0.15) is 0 Å². The van der Waals surface area contributed by atoms with Gasteiger partial charge in [-0.3, -0.25) is 4.79 Å². The molecule has 1 saturated heterocycles. The highest BCUT2D eigenvalue weighted by molar-refractivity contribution is 6.33. The van der Waals surface area contributed by atoms with Gasteiger partial charge in [0.2, 0.25) is 0 Å². The highest BCUT2D eigenvalue weighted by atomic mass is 35.5. The van der Waals surface area contributed by atoms with Crippen molar-refractivity contribution in [2.24, 2.45) is 0 Å². The second-order valence-electron chi connectivity index (χ2n) is 7.01. The fraction of sp³-hybridized carbons (Fsp3) is 0.364. The first kappa shape index (κ1) is 21.0. The average molecular weight is 417 g/mol. The van der Waals surface area contributed by atoms with Crippen LogP contribution in [0.5, 0.6) is 5.75 Å². The Bertz CT molecular complexity index is 879. The molecule has 0 unspecified atom stereocenters. The predicted octanol–water partition coefficient (Wildman–Crippen LogP) is 3.23. The van der Waals surface area contributed by atoms with E-state index >= 15 is 0 Å². The Labute approximate surface area is 176 Å². The zero-order valence-corrected chi connectivity index (χ0v) is 17.4. The van der Waals surface area contributed by atoms with Crippen LogP contribution >= 0.6 is 11.6 Å². The number of piperazine rings is 1. The zero-order chi connectivity index (χ0) is 20.8. The number of para-hydroxylation sites is 1. The Morgan fingerprint density at radius 2 is 1.69 bits per heavy atom. The van der Waals surface area contributed by atoms with Crippen LogP contribution < -0.4 is 9.64 Å². The first-order valence-electron chi connectivity index (χ1n) is 9.57. The molecule has 0 radical (unpaired) electrons. The first-order valence-corrected chi connectivity index (χ1v) is 9.95. The normalized spacial score (nSPS) is 13.9. The topological polar surface area (TPSA) is 59.1 Å². The van der Waals surface area contributed by atoms with Crippen LogP contribution in [0.1, 0.15) is 11.1 Å². The number of anilines is 1. The summed E-state index contributed by atoms with van der Waals surface area (Å²) in [6, 6.07) is 13.3. The second kappa shape index (κ2) is 9.65. The van der Waals surface area contributed by atoms with E-state index in [0.717, 1.165) is 16.8 Å². The standard InChI is InChI=1S/C22H25ClN2O4/c1-16-7-8-18(13-17(16)2)28-15-22(27)29-14-21(26)25-11-9-24(10-12-25)20-6-4-3-5-19(20)23/h3-8,13H,9-12,14-15H2,1-2H3. The lowest BCUT2D eigenvalue weighted by atomic mass is 10.1. The number of nitrogens with zero attached hydrogens (tertiary/aromatic N) is 2. The molecule has 154 valence electrons. The highest BCUT2D eigenvalue weighted by Crippen LogP contribution is 2.26. The molecule has 1 aliphatic heterocycles. The van der Waals surface area contributed by atoms with Crippen molar-refractivity contribution in [3.05, 3.63) is 58.6 Å². The number of hydrogen-bond donors (Lipinski definition) is 0. The molecule has 0 spiro atoms. The SMILES string of the molecule is Cc1ccc(OCC(=O)OCC(=O)N2CCN(c3ccccc3Cl)CC2)cc1C. The second-order valence-corrected chi connectivity index (χ2v) is 7.42. The van der Waals surface area contributed by atoms with Gasteiger partial charge < -0.3 is 19.3 Å². The summed E-state index contributed by atoms with van der Waals surface area (Å²) < 4.78 is 10.5. The van der Waals surface area contributed by atoms with E-state index in [1.165, 1.54) is 0 Å². The van der Waals surface area contributed by atoms with E-state index in [9.17, 15) is 9.59 Å². The largest absolute Gasteiger partial charge is 0.482 e. The van der Waals surface area contributed by atoms with Crippen LogP contribution in [0.25, 0.3) is 0 Å². The number of benzene rings is 2. The minimum atomic E-state index is -0.564. The number of amides is 1. The number of carbonyl (C=O) groups is 2. The molecular weight excluding hydrogens is 392 g/mol. The summed E-state index contributed by atoms with van der Waals surface area (Å²) in [5.41, 5.74) is 3.21. The van der Waals surface area contributed by atoms with Gasteiger partial charge in [0, 0.05) is 26.2 Å². The van der Waals surface area contributed by atoms with Crippen LogP contribution in [-0.2, 0) is 14.3 Å². The van der Waals surface area contributed by atoms with Crippen molar-refractivity contribution in [3.63, 3.8) is 0 Å². The van der Waals surface area contributed by atoms with Gasteiger partial charge in [0.15, 0.2) is 13.2 Å². The third-order valence-electron chi connectivity index (χ3n) is 5.02. The molecular formula is C22H25ClN2O4. The fourth-order valence-electron chi connectivity index (χ4n) is 3.13. The van der Waals surface area contributed by atoms with Crippen molar-refractivity contribution >= 4 is 29.2 Å². The van der Waals surface area contributed by atoms with Crippen LogP contribution in [0.2, 0.25) is 5.02 Å². The number of aryl methyl sites for hydroxylation is 2. The van der Waals surface area contributed by atoms with E-state index < -0.39 is 5.97 Å². The number of ether oxygens (including phenoxy) is 2. The average Bonchev–Trinajstić information content (AvgIpc) is 2.73. The number of hydrogen-bond acceptors (Lipinski definition) is 5. The summed E-state index contributed by atoms with van der Waals surface area (Å²) >= 11 is 6.24. The van der Waals surface area contributed by atoms with Gasteiger partial charge in [0.1, 0.15) is 5.75 Å². The molecule has 3 rings (SSSR count). The van der Waals surface area contributed by atoms with Crippen molar-refractivity contribution in [1.29, 1.82) is 0 Å². The number of halogens is 1. The lowest BCUT2D eigenvalue weighted by Gasteiger charge is -2.36. The summed E-state index contributed by atoms with van der Waals surface area (Å²) in [4.78, 5) is 28.1. The van der Waals surface area contributed by atoms with Crippen molar-refractivity contribution < 1.29 is 19.1 Å². The van der Waals surface area contributed by atoms with E-state index in [1.807, 2.05) is 50.2 Å². The maximum Gasteiger partial charge on any atom is 0.344 e. The Kier molecular flexibility index (Phi) is 6.99. The maximum absolute atomic E-state index is 12.3. The van der Waals surface area contributed by atoms with Crippen molar-refractivity contribution in [2.45, 2.75) is 13.8 Å².